The number of ether oxygens (including phenoxy) is 1. The normalized spacial score (nSPS) is 16.0. The lowest BCUT2D eigenvalue weighted by Crippen LogP contribution is -2.36. The second-order valence-corrected chi connectivity index (χ2v) is 7.22. The van der Waals surface area contributed by atoms with E-state index in [9.17, 15) is 9.59 Å². The second-order valence-electron chi connectivity index (χ2n) is 6.81. The number of esters is 1. The Morgan fingerprint density at radius 1 is 1.38 bits per heavy atom. The number of pyridine rings is 1. The van der Waals surface area contributed by atoms with Crippen LogP contribution in [0.25, 0.3) is 10.9 Å². The van der Waals surface area contributed by atoms with Crippen LogP contribution in [0.3, 0.4) is 0 Å². The molecule has 7 heteroatoms. The molecule has 0 saturated carbocycles. The van der Waals surface area contributed by atoms with Gasteiger partial charge in [-0.15, -0.1) is 0 Å². The SMILES string of the molecule is COC(=O)c1c(NCCN2CCC(C)CC2)c2cccc(Cl)c2[nH]c1=O. The van der Waals surface area contributed by atoms with Crippen molar-refractivity contribution in [3.63, 3.8) is 0 Å². The van der Waals surface area contributed by atoms with Crippen molar-refractivity contribution in [1.82, 2.24) is 9.88 Å². The maximum atomic E-state index is 12.4. The van der Waals surface area contributed by atoms with E-state index in [1.807, 2.05) is 6.07 Å². The molecule has 0 atom stereocenters. The van der Waals surface area contributed by atoms with E-state index in [4.69, 9.17) is 16.3 Å². The number of hydrogen-bond donors (Lipinski definition) is 2. The molecule has 1 aliphatic rings. The Morgan fingerprint density at radius 2 is 2.12 bits per heavy atom. The number of para-hydroxylation sites is 1. The second kappa shape index (κ2) is 8.10. The summed E-state index contributed by atoms with van der Waals surface area (Å²) in [5.41, 5.74) is 0.464. The van der Waals surface area contributed by atoms with Crippen LogP contribution >= 0.6 is 11.6 Å². The number of H-pyrrole nitrogens is 1. The maximum Gasteiger partial charge on any atom is 0.345 e. The third-order valence-corrected chi connectivity index (χ3v) is 5.31. The number of carbonyl (C=O) groups excluding carboxylic acids is 1. The van der Waals surface area contributed by atoms with Crippen LogP contribution in [0.15, 0.2) is 23.0 Å². The highest BCUT2D eigenvalue weighted by Crippen LogP contribution is 2.28. The number of aromatic nitrogens is 1. The number of aromatic amines is 1. The van der Waals surface area contributed by atoms with Gasteiger partial charge in [-0.3, -0.25) is 4.79 Å². The average Bonchev–Trinajstić information content (AvgIpc) is 2.63. The number of methoxy groups -OCH3 is 1. The van der Waals surface area contributed by atoms with Crippen LogP contribution in [0.2, 0.25) is 5.02 Å². The third kappa shape index (κ3) is 3.86. The van der Waals surface area contributed by atoms with E-state index >= 15 is 0 Å². The zero-order chi connectivity index (χ0) is 18.7. The summed E-state index contributed by atoms with van der Waals surface area (Å²) in [7, 11) is 1.27. The zero-order valence-electron chi connectivity index (χ0n) is 15.1. The Kier molecular flexibility index (Phi) is 5.84. The van der Waals surface area contributed by atoms with Gasteiger partial charge in [0.25, 0.3) is 5.56 Å². The van der Waals surface area contributed by atoms with Gasteiger partial charge in [-0.1, -0.05) is 30.7 Å². The van der Waals surface area contributed by atoms with Gasteiger partial charge in [0.2, 0.25) is 0 Å². The first-order chi connectivity index (χ1) is 12.5. The van der Waals surface area contributed by atoms with E-state index < -0.39 is 11.5 Å². The molecule has 6 nitrogen and oxygen atoms in total. The van der Waals surface area contributed by atoms with Gasteiger partial charge in [0.05, 0.1) is 23.3 Å². The Hall–Kier alpha value is -2.05. The van der Waals surface area contributed by atoms with E-state index in [1.165, 1.54) is 20.0 Å². The molecule has 1 saturated heterocycles. The minimum Gasteiger partial charge on any atom is -0.465 e. The van der Waals surface area contributed by atoms with Crippen LogP contribution in [-0.2, 0) is 4.74 Å². The molecule has 1 aromatic heterocycles. The number of halogens is 1. The van der Waals surface area contributed by atoms with Crippen molar-refractivity contribution in [3.05, 3.63) is 39.1 Å². The van der Waals surface area contributed by atoms with Crippen LogP contribution < -0.4 is 10.9 Å². The van der Waals surface area contributed by atoms with Crippen molar-refractivity contribution in [3.8, 4) is 0 Å². The Labute approximate surface area is 157 Å². The molecule has 0 radical (unpaired) electrons. The molecule has 140 valence electrons. The van der Waals surface area contributed by atoms with E-state index in [2.05, 4.69) is 22.1 Å². The van der Waals surface area contributed by atoms with Crippen LogP contribution in [-0.4, -0.2) is 49.1 Å². The van der Waals surface area contributed by atoms with Crippen molar-refractivity contribution in [2.24, 2.45) is 5.92 Å². The molecule has 0 aliphatic carbocycles. The summed E-state index contributed by atoms with van der Waals surface area (Å²) >= 11 is 6.21. The Morgan fingerprint density at radius 3 is 2.81 bits per heavy atom. The first-order valence-corrected chi connectivity index (χ1v) is 9.28. The Balaban J connectivity index is 1.88. The number of benzene rings is 1. The standard InChI is InChI=1S/C19H24ClN3O3/c1-12-6-9-23(10-7-12)11-8-21-17-13-4-3-5-14(20)16(13)22-18(24)15(17)19(25)26-2/h3-5,12H,6-11H2,1-2H3,(H2,21,22,24). The highest BCUT2D eigenvalue weighted by Gasteiger charge is 2.21. The number of rotatable bonds is 5. The topological polar surface area (TPSA) is 74.4 Å². The lowest BCUT2D eigenvalue weighted by atomic mass is 9.99. The van der Waals surface area contributed by atoms with Gasteiger partial charge in [-0.05, 0) is 37.9 Å². The monoisotopic (exact) mass is 377 g/mol. The fourth-order valence-corrected chi connectivity index (χ4v) is 3.61. The first kappa shape index (κ1) is 18.7. The van der Waals surface area contributed by atoms with E-state index in [1.54, 1.807) is 12.1 Å². The quantitative estimate of drug-likeness (QED) is 0.783. The van der Waals surface area contributed by atoms with Gasteiger partial charge >= 0.3 is 5.97 Å². The number of piperidine rings is 1. The molecule has 0 spiro atoms. The lowest BCUT2D eigenvalue weighted by molar-refractivity contribution is 0.0600. The highest BCUT2D eigenvalue weighted by atomic mass is 35.5. The minimum atomic E-state index is -0.664. The molecular weight excluding hydrogens is 354 g/mol. The van der Waals surface area contributed by atoms with Crippen LogP contribution in [0.4, 0.5) is 5.69 Å². The number of likely N-dealkylation sites (tertiary alicyclic amines) is 1. The summed E-state index contributed by atoms with van der Waals surface area (Å²) in [5, 5.41) is 4.41. The van der Waals surface area contributed by atoms with Crippen molar-refractivity contribution in [2.75, 3.05) is 38.6 Å². The lowest BCUT2D eigenvalue weighted by Gasteiger charge is -2.30. The van der Waals surface area contributed by atoms with Gasteiger partial charge in [0.1, 0.15) is 5.56 Å². The number of nitrogens with zero attached hydrogens (tertiary/aromatic N) is 1. The largest absolute Gasteiger partial charge is 0.465 e. The molecule has 3 rings (SSSR count). The summed E-state index contributed by atoms with van der Waals surface area (Å²) in [6, 6.07) is 5.33. The molecule has 2 heterocycles. The van der Waals surface area contributed by atoms with Crippen molar-refractivity contribution >= 4 is 34.2 Å². The predicted octanol–water partition coefficient (Wildman–Crippen LogP) is 3.11. The Bertz CT molecular complexity index is 857. The number of fused-ring (bicyclic) bond motifs is 1. The molecule has 26 heavy (non-hydrogen) atoms. The van der Waals surface area contributed by atoms with Crippen LogP contribution in [0.5, 0.6) is 0 Å². The van der Waals surface area contributed by atoms with Gasteiger partial charge in [-0.2, -0.15) is 0 Å². The first-order valence-electron chi connectivity index (χ1n) is 8.90. The smallest absolute Gasteiger partial charge is 0.345 e. The van der Waals surface area contributed by atoms with Gasteiger partial charge < -0.3 is 19.9 Å². The molecule has 2 N–H and O–H groups in total. The summed E-state index contributed by atoms with van der Waals surface area (Å²) in [4.78, 5) is 29.7. The maximum absolute atomic E-state index is 12.4. The number of nitrogens with one attached hydrogen (secondary N) is 2. The minimum absolute atomic E-state index is 0.0190. The van der Waals surface area contributed by atoms with Crippen molar-refractivity contribution in [1.29, 1.82) is 0 Å². The van der Waals surface area contributed by atoms with Crippen LogP contribution in [0.1, 0.15) is 30.1 Å². The predicted molar refractivity (Wildman–Crippen MR) is 104 cm³/mol. The van der Waals surface area contributed by atoms with Crippen molar-refractivity contribution in [2.45, 2.75) is 19.8 Å². The summed E-state index contributed by atoms with van der Waals surface area (Å²) in [5.74, 6) is 0.117. The molecule has 1 fully saturated rings. The van der Waals surface area contributed by atoms with E-state index in [-0.39, 0.29) is 5.56 Å². The average molecular weight is 378 g/mol. The molecule has 1 aliphatic heterocycles. The summed E-state index contributed by atoms with van der Waals surface area (Å²) in [6.45, 7) is 5.92. The summed E-state index contributed by atoms with van der Waals surface area (Å²) in [6.07, 6.45) is 2.41. The molecule has 2 aromatic rings. The number of hydrogen-bond acceptors (Lipinski definition) is 5. The molecule has 0 bridgehead atoms. The third-order valence-electron chi connectivity index (χ3n) is 4.99. The van der Waals surface area contributed by atoms with Crippen LogP contribution in [0, 0.1) is 5.92 Å². The molecule has 0 unspecified atom stereocenters. The van der Waals surface area contributed by atoms with Crippen molar-refractivity contribution < 1.29 is 9.53 Å². The highest BCUT2D eigenvalue weighted by molar-refractivity contribution is 6.35. The van der Waals surface area contributed by atoms with Gasteiger partial charge in [-0.25, -0.2) is 4.79 Å². The van der Waals surface area contributed by atoms with E-state index in [0.29, 0.717) is 28.2 Å². The van der Waals surface area contributed by atoms with Gasteiger partial charge in [0, 0.05) is 18.5 Å². The van der Waals surface area contributed by atoms with Gasteiger partial charge in [0.15, 0.2) is 0 Å². The van der Waals surface area contributed by atoms with E-state index in [0.717, 1.165) is 25.6 Å². The number of carbonyl (C=O) groups is 1. The molecule has 1 aromatic carbocycles. The molecule has 0 amide bonds. The fraction of sp³-hybridized carbons (Fsp3) is 0.474. The molecular formula is C19H24ClN3O3. The zero-order valence-corrected chi connectivity index (χ0v) is 15.9. The fourth-order valence-electron chi connectivity index (χ4n) is 3.39. The summed E-state index contributed by atoms with van der Waals surface area (Å²) < 4.78 is 4.80. The number of anilines is 1.